The molecule has 0 heterocycles. The molecule has 0 spiro atoms. The van der Waals surface area contributed by atoms with Crippen molar-refractivity contribution in [2.45, 2.75) is 24.8 Å². The minimum absolute atomic E-state index is 0.0430. The van der Waals surface area contributed by atoms with Crippen LogP contribution in [0.4, 0.5) is 5.69 Å². The van der Waals surface area contributed by atoms with E-state index >= 15 is 0 Å². The van der Waals surface area contributed by atoms with Crippen LogP contribution >= 0.6 is 15.9 Å². The van der Waals surface area contributed by atoms with Crippen LogP contribution in [0.25, 0.3) is 0 Å². The van der Waals surface area contributed by atoms with Gasteiger partial charge in [0.05, 0.1) is 4.90 Å². The predicted molar refractivity (Wildman–Crippen MR) is 109 cm³/mol. The van der Waals surface area contributed by atoms with Gasteiger partial charge in [0, 0.05) is 10.2 Å². The Balaban J connectivity index is 1.97. The molecule has 0 aliphatic carbocycles. The van der Waals surface area contributed by atoms with Crippen molar-refractivity contribution in [2.75, 3.05) is 11.9 Å². The van der Waals surface area contributed by atoms with E-state index in [1.165, 1.54) is 12.1 Å². The van der Waals surface area contributed by atoms with E-state index in [9.17, 15) is 18.0 Å². The maximum atomic E-state index is 12.5. The zero-order valence-electron chi connectivity index (χ0n) is 15.4. The summed E-state index contributed by atoms with van der Waals surface area (Å²) in [5, 5.41) is 2.59. The van der Waals surface area contributed by atoms with Crippen LogP contribution in [0.1, 0.15) is 13.8 Å². The highest BCUT2D eigenvalue weighted by Gasteiger charge is 2.30. The Morgan fingerprint density at radius 1 is 1.04 bits per heavy atom. The van der Waals surface area contributed by atoms with Crippen LogP contribution in [0, 0.1) is 5.92 Å². The largest absolute Gasteiger partial charge is 0.454 e. The first-order valence-corrected chi connectivity index (χ1v) is 10.8. The van der Waals surface area contributed by atoms with Gasteiger partial charge in [-0.2, -0.15) is 4.72 Å². The van der Waals surface area contributed by atoms with Crippen molar-refractivity contribution in [1.29, 1.82) is 0 Å². The summed E-state index contributed by atoms with van der Waals surface area (Å²) in [6, 6.07) is 13.5. The number of rotatable bonds is 8. The summed E-state index contributed by atoms with van der Waals surface area (Å²) in [7, 11) is -3.90. The van der Waals surface area contributed by atoms with Gasteiger partial charge in [-0.3, -0.25) is 9.59 Å². The summed E-state index contributed by atoms with van der Waals surface area (Å²) in [5.74, 6) is -1.72. The second kappa shape index (κ2) is 9.81. The molecule has 0 fully saturated rings. The van der Waals surface area contributed by atoms with E-state index in [2.05, 4.69) is 26.0 Å². The van der Waals surface area contributed by atoms with E-state index in [-0.39, 0.29) is 10.8 Å². The fourth-order valence-electron chi connectivity index (χ4n) is 2.25. The van der Waals surface area contributed by atoms with E-state index in [4.69, 9.17) is 4.74 Å². The normalized spacial score (nSPS) is 12.4. The smallest absolute Gasteiger partial charge is 0.324 e. The summed E-state index contributed by atoms with van der Waals surface area (Å²) in [6.45, 7) is 2.84. The van der Waals surface area contributed by atoms with E-state index in [1.807, 2.05) is 0 Å². The Hall–Kier alpha value is -2.23. The van der Waals surface area contributed by atoms with Crippen LogP contribution < -0.4 is 10.0 Å². The highest BCUT2D eigenvalue weighted by Crippen LogP contribution is 2.15. The molecule has 0 aliphatic heterocycles. The number of ether oxygens (including phenoxy) is 1. The molecule has 1 atom stereocenters. The van der Waals surface area contributed by atoms with Crippen molar-refractivity contribution < 1.29 is 22.7 Å². The number of hydrogen-bond donors (Lipinski definition) is 2. The Kier molecular flexibility index (Phi) is 7.73. The third-order valence-electron chi connectivity index (χ3n) is 3.73. The molecule has 0 aromatic heterocycles. The third kappa shape index (κ3) is 6.43. The Bertz CT molecular complexity index is 915. The lowest BCUT2D eigenvalue weighted by atomic mass is 10.1. The molecule has 2 aromatic carbocycles. The number of benzene rings is 2. The first-order chi connectivity index (χ1) is 13.2. The number of amides is 1. The molecule has 0 bridgehead atoms. The van der Waals surface area contributed by atoms with Crippen LogP contribution in [0.5, 0.6) is 0 Å². The lowest BCUT2D eigenvalue weighted by Crippen LogP contribution is -2.45. The van der Waals surface area contributed by atoms with E-state index in [1.54, 1.807) is 56.3 Å². The van der Waals surface area contributed by atoms with Crippen molar-refractivity contribution >= 4 is 43.5 Å². The van der Waals surface area contributed by atoms with Crippen LogP contribution in [0.2, 0.25) is 0 Å². The molecule has 2 N–H and O–H groups in total. The van der Waals surface area contributed by atoms with Gasteiger partial charge in [-0.25, -0.2) is 8.42 Å². The number of carbonyl (C=O) groups is 2. The van der Waals surface area contributed by atoms with E-state index < -0.39 is 34.5 Å². The summed E-state index contributed by atoms with van der Waals surface area (Å²) < 4.78 is 33.1. The Morgan fingerprint density at radius 3 is 2.21 bits per heavy atom. The lowest BCUT2D eigenvalue weighted by molar-refractivity contribution is -0.150. The monoisotopic (exact) mass is 468 g/mol. The van der Waals surface area contributed by atoms with Gasteiger partial charge in [0.2, 0.25) is 10.0 Å². The van der Waals surface area contributed by atoms with E-state index in [0.29, 0.717) is 5.69 Å². The molecule has 150 valence electrons. The predicted octanol–water partition coefficient (Wildman–Crippen LogP) is 2.93. The molecule has 2 aromatic rings. The Labute approximate surface area is 172 Å². The molecule has 0 saturated carbocycles. The van der Waals surface area contributed by atoms with Gasteiger partial charge in [-0.05, 0) is 42.3 Å². The maximum absolute atomic E-state index is 12.5. The topological polar surface area (TPSA) is 102 Å². The van der Waals surface area contributed by atoms with Gasteiger partial charge in [-0.1, -0.05) is 48.0 Å². The quantitative estimate of drug-likeness (QED) is 0.579. The highest BCUT2D eigenvalue weighted by molar-refractivity contribution is 9.10. The number of sulfonamides is 1. The zero-order chi connectivity index (χ0) is 20.7. The zero-order valence-corrected chi connectivity index (χ0v) is 17.8. The molecule has 0 saturated heterocycles. The number of halogens is 1. The molecule has 0 radical (unpaired) electrons. The summed E-state index contributed by atoms with van der Waals surface area (Å²) in [5.41, 5.74) is 0.550. The molecule has 0 unspecified atom stereocenters. The molecule has 1 amide bonds. The molecule has 0 aliphatic rings. The van der Waals surface area contributed by atoms with Crippen molar-refractivity contribution in [2.24, 2.45) is 5.92 Å². The fraction of sp³-hybridized carbons (Fsp3) is 0.263. The number of nitrogens with one attached hydrogen (secondary N) is 2. The Morgan fingerprint density at radius 2 is 1.64 bits per heavy atom. The van der Waals surface area contributed by atoms with Crippen molar-refractivity contribution in [3.63, 3.8) is 0 Å². The van der Waals surface area contributed by atoms with Gasteiger partial charge in [0.15, 0.2) is 6.61 Å². The number of carbonyl (C=O) groups excluding carboxylic acids is 2. The van der Waals surface area contributed by atoms with Crippen LogP contribution in [0.15, 0.2) is 64.0 Å². The standard InChI is InChI=1S/C19H21BrN2O5S/c1-13(2)18(22-28(25,26)16-6-4-3-5-7-16)19(24)27-12-17(23)21-15-10-8-14(20)9-11-15/h3-11,13,18,22H,12H2,1-2H3,(H,21,23)/t18-/m0/s1. The first kappa shape index (κ1) is 22.1. The second-order valence-electron chi connectivity index (χ2n) is 6.32. The average Bonchev–Trinajstić information content (AvgIpc) is 2.66. The SMILES string of the molecule is CC(C)[C@H](NS(=O)(=O)c1ccccc1)C(=O)OCC(=O)Nc1ccc(Br)cc1. The van der Waals surface area contributed by atoms with Crippen LogP contribution in [-0.2, 0) is 24.3 Å². The molecular formula is C19H21BrN2O5S. The lowest BCUT2D eigenvalue weighted by Gasteiger charge is -2.20. The van der Waals surface area contributed by atoms with E-state index in [0.717, 1.165) is 4.47 Å². The summed E-state index contributed by atoms with van der Waals surface area (Å²) in [6.07, 6.45) is 0. The van der Waals surface area contributed by atoms with Gasteiger partial charge in [0.25, 0.3) is 5.91 Å². The number of hydrogen-bond acceptors (Lipinski definition) is 5. The van der Waals surface area contributed by atoms with Crippen molar-refractivity contribution in [1.82, 2.24) is 4.72 Å². The maximum Gasteiger partial charge on any atom is 0.324 e. The van der Waals surface area contributed by atoms with Crippen LogP contribution in [0.3, 0.4) is 0 Å². The number of esters is 1. The second-order valence-corrected chi connectivity index (χ2v) is 8.95. The molecule has 9 heteroatoms. The van der Waals surface area contributed by atoms with Crippen molar-refractivity contribution in [3.8, 4) is 0 Å². The minimum Gasteiger partial charge on any atom is -0.454 e. The first-order valence-electron chi connectivity index (χ1n) is 8.48. The molecule has 2 rings (SSSR count). The van der Waals surface area contributed by atoms with Crippen molar-refractivity contribution in [3.05, 3.63) is 59.1 Å². The molecule has 7 nitrogen and oxygen atoms in total. The van der Waals surface area contributed by atoms with Gasteiger partial charge in [0.1, 0.15) is 6.04 Å². The summed E-state index contributed by atoms with van der Waals surface area (Å²) >= 11 is 3.29. The van der Waals surface area contributed by atoms with Gasteiger partial charge >= 0.3 is 5.97 Å². The molecule has 28 heavy (non-hydrogen) atoms. The summed E-state index contributed by atoms with van der Waals surface area (Å²) in [4.78, 5) is 24.4. The fourth-order valence-corrected chi connectivity index (χ4v) is 3.87. The third-order valence-corrected chi connectivity index (χ3v) is 5.72. The molecular weight excluding hydrogens is 448 g/mol. The number of anilines is 1. The van der Waals surface area contributed by atoms with Gasteiger partial charge in [-0.15, -0.1) is 0 Å². The average molecular weight is 469 g/mol. The minimum atomic E-state index is -3.90. The van der Waals surface area contributed by atoms with Crippen LogP contribution in [-0.4, -0.2) is 32.9 Å². The van der Waals surface area contributed by atoms with Gasteiger partial charge < -0.3 is 10.1 Å². The highest BCUT2D eigenvalue weighted by atomic mass is 79.9.